The van der Waals surface area contributed by atoms with E-state index in [1.54, 1.807) is 17.9 Å². The second-order valence-corrected chi connectivity index (χ2v) is 5.31. The zero-order valence-electron chi connectivity index (χ0n) is 13.3. The van der Waals surface area contributed by atoms with E-state index in [0.29, 0.717) is 32.5 Å². The van der Waals surface area contributed by atoms with E-state index in [0.717, 1.165) is 0 Å². The summed E-state index contributed by atoms with van der Waals surface area (Å²) in [5.74, 6) is -0.630. The van der Waals surface area contributed by atoms with Crippen molar-refractivity contribution in [3.05, 3.63) is 29.8 Å². The van der Waals surface area contributed by atoms with Crippen molar-refractivity contribution < 1.29 is 27.8 Å². The number of piperidine rings is 1. The van der Waals surface area contributed by atoms with Crippen LogP contribution in [0.2, 0.25) is 0 Å². The predicted octanol–water partition coefficient (Wildman–Crippen LogP) is 2.64. The lowest BCUT2D eigenvalue weighted by Gasteiger charge is -2.31. The molecule has 24 heavy (non-hydrogen) atoms. The number of para-hydroxylation sites is 1. The van der Waals surface area contributed by atoms with Gasteiger partial charge in [0, 0.05) is 19.1 Å². The Morgan fingerprint density at radius 3 is 2.58 bits per heavy atom. The molecule has 1 saturated heterocycles. The van der Waals surface area contributed by atoms with Crippen molar-refractivity contribution >= 4 is 12.0 Å². The van der Waals surface area contributed by atoms with E-state index in [1.165, 1.54) is 18.2 Å². The van der Waals surface area contributed by atoms with Crippen molar-refractivity contribution in [3.8, 4) is 5.75 Å². The molecule has 1 aliphatic heterocycles. The van der Waals surface area contributed by atoms with Gasteiger partial charge in [-0.05, 0) is 31.9 Å². The van der Waals surface area contributed by atoms with Crippen LogP contribution in [0.1, 0.15) is 30.1 Å². The van der Waals surface area contributed by atoms with Gasteiger partial charge in [0.2, 0.25) is 0 Å². The number of carbonyl (C=O) groups is 2. The van der Waals surface area contributed by atoms with E-state index in [2.05, 4.69) is 10.1 Å². The predicted molar refractivity (Wildman–Crippen MR) is 82.2 cm³/mol. The van der Waals surface area contributed by atoms with Gasteiger partial charge in [-0.3, -0.25) is 4.79 Å². The lowest BCUT2D eigenvalue weighted by Crippen LogP contribution is -2.46. The Balaban J connectivity index is 1.91. The molecule has 2 amide bonds. The summed E-state index contributed by atoms with van der Waals surface area (Å²) in [6.07, 6.45) is 0.781. The highest BCUT2D eigenvalue weighted by Crippen LogP contribution is 2.21. The molecule has 0 radical (unpaired) electrons. The van der Waals surface area contributed by atoms with Gasteiger partial charge < -0.3 is 19.7 Å². The van der Waals surface area contributed by atoms with E-state index in [4.69, 9.17) is 4.74 Å². The fourth-order valence-electron chi connectivity index (χ4n) is 2.54. The Hall–Kier alpha value is -2.38. The maximum atomic E-state index is 12.4. The van der Waals surface area contributed by atoms with Crippen LogP contribution >= 0.6 is 0 Å². The third kappa shape index (κ3) is 4.81. The monoisotopic (exact) mass is 342 g/mol. The molecule has 0 spiro atoms. The Kier molecular flexibility index (Phi) is 6.34. The van der Waals surface area contributed by atoms with Gasteiger partial charge in [0.05, 0.1) is 12.2 Å². The number of amides is 2. The number of nitrogens with one attached hydrogen (secondary N) is 1. The first-order valence-corrected chi connectivity index (χ1v) is 7.77. The summed E-state index contributed by atoms with van der Waals surface area (Å²) >= 11 is 0. The summed E-state index contributed by atoms with van der Waals surface area (Å²) in [5, 5.41) is 2.80. The molecule has 1 N–H and O–H groups in total. The number of carbonyl (C=O) groups excluding carboxylic acids is 2. The molecule has 1 heterocycles. The van der Waals surface area contributed by atoms with Gasteiger partial charge in [-0.1, -0.05) is 12.1 Å². The van der Waals surface area contributed by atoms with Crippen LogP contribution in [0.4, 0.5) is 13.6 Å². The van der Waals surface area contributed by atoms with E-state index < -0.39 is 12.5 Å². The van der Waals surface area contributed by atoms with Gasteiger partial charge >= 0.3 is 12.7 Å². The molecule has 1 aromatic rings. The van der Waals surface area contributed by atoms with Gasteiger partial charge in [0.25, 0.3) is 5.91 Å². The number of rotatable bonds is 5. The van der Waals surface area contributed by atoms with Crippen LogP contribution < -0.4 is 10.1 Å². The molecule has 2 rings (SSSR count). The summed E-state index contributed by atoms with van der Waals surface area (Å²) in [4.78, 5) is 25.5. The molecule has 1 fully saturated rings. The fourth-order valence-corrected chi connectivity index (χ4v) is 2.54. The third-order valence-electron chi connectivity index (χ3n) is 3.70. The Bertz CT molecular complexity index is 575. The fraction of sp³-hybridized carbons (Fsp3) is 0.500. The average Bonchev–Trinajstić information content (AvgIpc) is 2.55. The topological polar surface area (TPSA) is 67.9 Å². The van der Waals surface area contributed by atoms with Crippen molar-refractivity contribution in [3.63, 3.8) is 0 Å². The molecular formula is C16H20F2N2O4. The lowest BCUT2D eigenvalue weighted by atomic mass is 10.0. The molecule has 132 valence electrons. The second-order valence-electron chi connectivity index (χ2n) is 5.31. The highest BCUT2D eigenvalue weighted by molar-refractivity contribution is 5.97. The largest absolute Gasteiger partial charge is 0.450 e. The minimum absolute atomic E-state index is 0.0608. The maximum absolute atomic E-state index is 12.4. The highest BCUT2D eigenvalue weighted by Gasteiger charge is 2.25. The molecule has 0 aromatic heterocycles. The SMILES string of the molecule is CCOC(=O)N1CCC(NC(=O)c2ccccc2OC(F)F)CC1. The Labute approximate surface area is 138 Å². The van der Waals surface area contributed by atoms with Crippen LogP contribution in [0.5, 0.6) is 5.75 Å². The standard InChI is InChI=1S/C16H20F2N2O4/c1-2-23-16(22)20-9-7-11(8-10-20)19-14(21)12-5-3-4-6-13(12)24-15(17)18/h3-6,11,15H,2,7-10H2,1H3,(H,19,21). The minimum atomic E-state index is -2.99. The first-order chi connectivity index (χ1) is 11.5. The number of nitrogens with zero attached hydrogens (tertiary/aromatic N) is 1. The molecule has 0 atom stereocenters. The van der Waals surface area contributed by atoms with Crippen molar-refractivity contribution in [1.29, 1.82) is 0 Å². The van der Waals surface area contributed by atoms with Gasteiger partial charge in [0.15, 0.2) is 0 Å². The molecule has 8 heteroatoms. The molecule has 6 nitrogen and oxygen atoms in total. The van der Waals surface area contributed by atoms with Crippen molar-refractivity contribution in [2.24, 2.45) is 0 Å². The number of halogens is 2. The van der Waals surface area contributed by atoms with Crippen molar-refractivity contribution in [1.82, 2.24) is 10.2 Å². The van der Waals surface area contributed by atoms with Crippen LogP contribution in [0.15, 0.2) is 24.3 Å². The van der Waals surface area contributed by atoms with Crippen LogP contribution in [0, 0.1) is 0 Å². The number of alkyl halides is 2. The summed E-state index contributed by atoms with van der Waals surface area (Å²) < 4.78 is 34.1. The summed E-state index contributed by atoms with van der Waals surface area (Å²) in [5.41, 5.74) is 0.0608. The first-order valence-electron chi connectivity index (χ1n) is 7.77. The van der Waals surface area contributed by atoms with Gasteiger partial charge in [-0.15, -0.1) is 0 Å². The normalized spacial score (nSPS) is 15.2. The van der Waals surface area contributed by atoms with Gasteiger partial charge in [0.1, 0.15) is 5.75 Å². The zero-order chi connectivity index (χ0) is 17.5. The van der Waals surface area contributed by atoms with E-state index >= 15 is 0 Å². The zero-order valence-corrected chi connectivity index (χ0v) is 13.3. The maximum Gasteiger partial charge on any atom is 0.409 e. The average molecular weight is 342 g/mol. The van der Waals surface area contributed by atoms with E-state index in [-0.39, 0.29) is 23.4 Å². The van der Waals surface area contributed by atoms with Crippen molar-refractivity contribution in [2.45, 2.75) is 32.4 Å². The van der Waals surface area contributed by atoms with Gasteiger partial charge in [-0.25, -0.2) is 4.79 Å². The first kappa shape index (κ1) is 18.0. The highest BCUT2D eigenvalue weighted by atomic mass is 19.3. The Morgan fingerprint density at radius 1 is 1.29 bits per heavy atom. The van der Waals surface area contributed by atoms with Crippen LogP contribution in [-0.4, -0.2) is 49.3 Å². The molecule has 1 aliphatic rings. The number of benzene rings is 1. The third-order valence-corrected chi connectivity index (χ3v) is 3.70. The molecule has 1 aromatic carbocycles. The lowest BCUT2D eigenvalue weighted by molar-refractivity contribution is -0.0501. The minimum Gasteiger partial charge on any atom is -0.450 e. The van der Waals surface area contributed by atoms with E-state index in [1.807, 2.05) is 0 Å². The molecule has 0 saturated carbocycles. The van der Waals surface area contributed by atoms with Crippen molar-refractivity contribution in [2.75, 3.05) is 19.7 Å². The number of ether oxygens (including phenoxy) is 2. The number of hydrogen-bond acceptors (Lipinski definition) is 4. The molecular weight excluding hydrogens is 322 g/mol. The summed E-state index contributed by atoms with van der Waals surface area (Å²) in [6, 6.07) is 5.72. The molecule has 0 aliphatic carbocycles. The van der Waals surface area contributed by atoms with E-state index in [9.17, 15) is 18.4 Å². The van der Waals surface area contributed by atoms with Crippen LogP contribution in [-0.2, 0) is 4.74 Å². The second kappa shape index (κ2) is 8.47. The van der Waals surface area contributed by atoms with Gasteiger partial charge in [-0.2, -0.15) is 8.78 Å². The van der Waals surface area contributed by atoms with Crippen LogP contribution in [0.25, 0.3) is 0 Å². The smallest absolute Gasteiger partial charge is 0.409 e. The molecule has 0 unspecified atom stereocenters. The number of hydrogen-bond donors (Lipinski definition) is 1. The summed E-state index contributed by atoms with van der Waals surface area (Å²) in [7, 11) is 0. The quantitative estimate of drug-likeness (QED) is 0.893. The molecule has 0 bridgehead atoms. The Morgan fingerprint density at radius 2 is 1.96 bits per heavy atom. The van der Waals surface area contributed by atoms with Crippen LogP contribution in [0.3, 0.4) is 0 Å². The summed E-state index contributed by atoms with van der Waals surface area (Å²) in [6.45, 7) is 0.00441. The number of likely N-dealkylation sites (tertiary alicyclic amines) is 1.